The third-order valence-corrected chi connectivity index (χ3v) is 5.86. The number of ether oxygens (including phenoxy) is 1. The first kappa shape index (κ1) is 17.6. The number of rotatable bonds is 5. The summed E-state index contributed by atoms with van der Waals surface area (Å²) in [6.07, 6.45) is 8.29. The van der Waals surface area contributed by atoms with Crippen molar-refractivity contribution in [3.05, 3.63) is 91.2 Å². The molecule has 5 rings (SSSR count). The Balaban J connectivity index is 1.86. The lowest BCUT2D eigenvalue weighted by atomic mass is 9.83. The first-order valence-corrected chi connectivity index (χ1v) is 9.80. The van der Waals surface area contributed by atoms with Crippen LogP contribution in [0.3, 0.4) is 0 Å². The summed E-state index contributed by atoms with van der Waals surface area (Å²) >= 11 is 0. The second-order valence-corrected chi connectivity index (χ2v) is 7.36. The smallest absolute Gasteiger partial charge is 0.197 e. The van der Waals surface area contributed by atoms with Crippen molar-refractivity contribution in [1.29, 1.82) is 0 Å². The fraction of sp³-hybridized carbons (Fsp3) is 0.160. The summed E-state index contributed by atoms with van der Waals surface area (Å²) in [7, 11) is 0. The minimum absolute atomic E-state index is 0.104. The van der Waals surface area contributed by atoms with E-state index >= 15 is 0 Å². The molecular formula is C25H22N2O2. The van der Waals surface area contributed by atoms with Crippen LogP contribution in [-0.4, -0.2) is 23.5 Å². The zero-order chi connectivity index (χ0) is 20.0. The summed E-state index contributed by atoms with van der Waals surface area (Å²) in [4.78, 5) is 16.1. The Morgan fingerprint density at radius 1 is 1.07 bits per heavy atom. The maximum Gasteiger partial charge on any atom is 0.197 e. The van der Waals surface area contributed by atoms with Gasteiger partial charge < -0.3 is 14.2 Å². The van der Waals surface area contributed by atoms with E-state index in [4.69, 9.17) is 4.74 Å². The SMILES string of the molecule is C=CCOc1c2n(c3ccccc13)C=CC[C@@]21C(=O)c2ccccc2N1CC=C. The molecule has 4 nitrogen and oxygen atoms in total. The van der Waals surface area contributed by atoms with Crippen LogP contribution in [0.4, 0.5) is 5.69 Å². The number of anilines is 1. The molecule has 0 bridgehead atoms. The monoisotopic (exact) mass is 382 g/mol. The molecule has 1 spiro atoms. The topological polar surface area (TPSA) is 34.5 Å². The van der Waals surface area contributed by atoms with Gasteiger partial charge in [-0.25, -0.2) is 0 Å². The van der Waals surface area contributed by atoms with Crippen LogP contribution in [0.25, 0.3) is 17.1 Å². The number of hydrogen-bond acceptors (Lipinski definition) is 3. The van der Waals surface area contributed by atoms with E-state index in [1.165, 1.54) is 0 Å². The zero-order valence-corrected chi connectivity index (χ0v) is 16.2. The van der Waals surface area contributed by atoms with Crippen molar-refractivity contribution >= 4 is 28.6 Å². The van der Waals surface area contributed by atoms with Gasteiger partial charge in [-0.2, -0.15) is 0 Å². The summed E-state index contributed by atoms with van der Waals surface area (Å²) in [5.74, 6) is 0.854. The molecule has 3 heterocycles. The molecule has 2 aromatic carbocycles. The van der Waals surface area contributed by atoms with Gasteiger partial charge in [0.1, 0.15) is 6.61 Å². The minimum Gasteiger partial charge on any atom is -0.487 e. The van der Waals surface area contributed by atoms with Crippen LogP contribution >= 0.6 is 0 Å². The standard InChI is InChI=1S/C25H22N2O2/c1-3-15-27-21-13-8-6-11-19(21)24(28)25(27)14-9-16-26-20-12-7-5-10-18(20)22(23(25)26)29-17-4-2/h3-13,16H,1-2,14-15,17H2/t25-/m0/s1. The maximum absolute atomic E-state index is 13.9. The van der Waals surface area contributed by atoms with Crippen molar-refractivity contribution in [1.82, 2.24) is 4.57 Å². The van der Waals surface area contributed by atoms with E-state index in [-0.39, 0.29) is 5.78 Å². The van der Waals surface area contributed by atoms with Crippen molar-refractivity contribution < 1.29 is 9.53 Å². The Hall–Kier alpha value is -3.53. The average Bonchev–Trinajstić information content (AvgIpc) is 3.20. The second kappa shape index (κ2) is 6.52. The maximum atomic E-state index is 13.9. The molecule has 144 valence electrons. The average molecular weight is 382 g/mol. The van der Waals surface area contributed by atoms with Crippen LogP contribution in [0.2, 0.25) is 0 Å². The molecule has 29 heavy (non-hydrogen) atoms. The molecule has 0 N–H and O–H groups in total. The van der Waals surface area contributed by atoms with Gasteiger partial charge in [0.15, 0.2) is 17.1 Å². The van der Waals surface area contributed by atoms with Crippen molar-refractivity contribution in [2.24, 2.45) is 0 Å². The van der Waals surface area contributed by atoms with Crippen molar-refractivity contribution in [2.45, 2.75) is 12.0 Å². The summed E-state index contributed by atoms with van der Waals surface area (Å²) < 4.78 is 8.30. The van der Waals surface area contributed by atoms with E-state index < -0.39 is 5.54 Å². The molecule has 0 fully saturated rings. The number of carbonyl (C=O) groups excluding carboxylic acids is 1. The fourth-order valence-corrected chi connectivity index (χ4v) is 4.76. The number of fused-ring (bicyclic) bond motifs is 5. The number of nitrogens with zero attached hydrogens (tertiary/aromatic N) is 2. The highest BCUT2D eigenvalue weighted by Gasteiger charge is 2.55. The normalized spacial score (nSPS) is 19.4. The zero-order valence-electron chi connectivity index (χ0n) is 16.2. The highest BCUT2D eigenvalue weighted by atomic mass is 16.5. The molecule has 0 aliphatic carbocycles. The summed E-state index contributed by atoms with van der Waals surface area (Å²) in [5, 5.41) is 0.998. The van der Waals surface area contributed by atoms with Gasteiger partial charge in [-0.3, -0.25) is 4.79 Å². The third kappa shape index (κ3) is 2.23. The number of carbonyl (C=O) groups is 1. The lowest BCUT2D eigenvalue weighted by molar-refractivity contribution is 0.0891. The predicted molar refractivity (Wildman–Crippen MR) is 118 cm³/mol. The molecule has 0 saturated carbocycles. The van der Waals surface area contributed by atoms with Gasteiger partial charge in [0, 0.05) is 35.8 Å². The highest BCUT2D eigenvalue weighted by Crippen LogP contribution is 2.53. The van der Waals surface area contributed by atoms with E-state index in [2.05, 4.69) is 34.8 Å². The first-order chi connectivity index (χ1) is 14.2. The summed E-state index contributed by atoms with van der Waals surface area (Å²) in [6, 6.07) is 15.9. The van der Waals surface area contributed by atoms with Crippen LogP contribution in [0.5, 0.6) is 5.75 Å². The molecule has 0 radical (unpaired) electrons. The van der Waals surface area contributed by atoms with Gasteiger partial charge in [0.05, 0.1) is 11.2 Å². The minimum atomic E-state index is -0.859. The van der Waals surface area contributed by atoms with Crippen molar-refractivity contribution in [2.75, 3.05) is 18.1 Å². The first-order valence-electron chi connectivity index (χ1n) is 9.80. The fourth-order valence-electron chi connectivity index (χ4n) is 4.76. The van der Waals surface area contributed by atoms with Gasteiger partial charge in [-0.05, 0) is 24.3 Å². The Bertz CT molecular complexity index is 1190. The lowest BCUT2D eigenvalue weighted by Gasteiger charge is -2.40. The van der Waals surface area contributed by atoms with E-state index in [1.54, 1.807) is 6.08 Å². The van der Waals surface area contributed by atoms with Gasteiger partial charge in [-0.1, -0.05) is 49.1 Å². The number of aromatic nitrogens is 1. The number of benzene rings is 2. The van der Waals surface area contributed by atoms with Crippen LogP contribution in [0.15, 0.2) is 79.9 Å². The summed E-state index contributed by atoms with van der Waals surface area (Å²) in [6.45, 7) is 8.69. The number of hydrogen-bond donors (Lipinski definition) is 0. The molecule has 0 saturated heterocycles. The van der Waals surface area contributed by atoms with Crippen LogP contribution in [-0.2, 0) is 5.54 Å². The number of para-hydroxylation sites is 2. The van der Waals surface area contributed by atoms with E-state index in [0.717, 1.165) is 33.6 Å². The molecule has 3 aromatic rings. The summed E-state index contributed by atoms with van der Waals surface area (Å²) in [5.41, 5.74) is 2.74. The Labute approximate surface area is 170 Å². The Kier molecular flexibility index (Phi) is 3.95. The molecule has 2 aliphatic rings. The quantitative estimate of drug-likeness (QED) is 0.571. The van der Waals surface area contributed by atoms with Crippen molar-refractivity contribution in [3.8, 4) is 5.75 Å². The van der Waals surface area contributed by atoms with Crippen LogP contribution < -0.4 is 9.64 Å². The van der Waals surface area contributed by atoms with Crippen LogP contribution in [0, 0.1) is 0 Å². The van der Waals surface area contributed by atoms with Gasteiger partial charge in [0.2, 0.25) is 0 Å². The Morgan fingerprint density at radius 2 is 1.86 bits per heavy atom. The van der Waals surface area contributed by atoms with E-state index in [1.807, 2.05) is 54.7 Å². The number of Topliss-reactive ketones (excluding diaryl/α,β-unsaturated/α-hetero) is 1. The van der Waals surface area contributed by atoms with Gasteiger partial charge >= 0.3 is 0 Å². The second-order valence-electron chi connectivity index (χ2n) is 7.36. The number of ketones is 1. The van der Waals surface area contributed by atoms with Gasteiger partial charge in [0.25, 0.3) is 0 Å². The lowest BCUT2D eigenvalue weighted by Crippen LogP contribution is -2.49. The molecule has 1 aromatic heterocycles. The molecule has 1 atom stereocenters. The molecule has 2 aliphatic heterocycles. The van der Waals surface area contributed by atoms with Gasteiger partial charge in [-0.15, -0.1) is 6.58 Å². The van der Waals surface area contributed by atoms with E-state index in [0.29, 0.717) is 19.6 Å². The molecular weight excluding hydrogens is 360 g/mol. The highest BCUT2D eigenvalue weighted by molar-refractivity contribution is 6.16. The molecule has 4 heteroatoms. The predicted octanol–water partition coefficient (Wildman–Crippen LogP) is 5.16. The molecule has 0 unspecified atom stereocenters. The van der Waals surface area contributed by atoms with Crippen molar-refractivity contribution in [3.63, 3.8) is 0 Å². The molecule has 0 amide bonds. The third-order valence-electron chi connectivity index (χ3n) is 5.86. The Morgan fingerprint density at radius 3 is 2.69 bits per heavy atom. The largest absolute Gasteiger partial charge is 0.487 e. The van der Waals surface area contributed by atoms with E-state index in [9.17, 15) is 4.79 Å². The van der Waals surface area contributed by atoms with Crippen LogP contribution in [0.1, 0.15) is 22.5 Å².